The van der Waals surface area contributed by atoms with Gasteiger partial charge in [0.05, 0.1) is 40.5 Å². The molecule has 9 nitrogen and oxygen atoms in total. The second kappa shape index (κ2) is 8.19. The molecule has 1 atom stereocenters. The largest absolute Gasteiger partial charge is 0.463 e. The van der Waals surface area contributed by atoms with E-state index in [4.69, 9.17) is 14.1 Å². The van der Waals surface area contributed by atoms with Crippen molar-refractivity contribution in [3.05, 3.63) is 35.7 Å². The zero-order valence-corrected chi connectivity index (χ0v) is 17.7. The lowest BCUT2D eigenvalue weighted by Crippen LogP contribution is -2.25. The number of amides is 1. The number of pyridine rings is 1. The minimum atomic E-state index is -3.10. The summed E-state index contributed by atoms with van der Waals surface area (Å²) >= 11 is 0. The van der Waals surface area contributed by atoms with E-state index in [0.29, 0.717) is 59.7 Å². The predicted octanol–water partition coefficient (Wildman–Crippen LogP) is 2.13. The number of carbonyl (C=O) groups excluding carboxylic acids is 1. The maximum absolute atomic E-state index is 13.0. The number of aromatic nitrogens is 3. The van der Waals surface area contributed by atoms with E-state index >= 15 is 0 Å². The molecular weight excluding hydrogens is 408 g/mol. The normalized spacial score (nSPS) is 18.1. The SMILES string of the molecule is COCCCNC(=O)c1cc(-c2ccco2)nc2c1c(C)nn2[C@@H]1CCS(=O)(=O)C1. The molecule has 3 aromatic heterocycles. The second-order valence-corrected chi connectivity index (χ2v) is 9.65. The van der Waals surface area contributed by atoms with Crippen LogP contribution >= 0.6 is 0 Å². The van der Waals surface area contributed by atoms with E-state index in [1.165, 1.54) is 6.26 Å². The number of fused-ring (bicyclic) bond motifs is 1. The summed E-state index contributed by atoms with van der Waals surface area (Å²) in [5.74, 6) is 0.430. The molecule has 1 amide bonds. The van der Waals surface area contributed by atoms with Crippen LogP contribution in [0.4, 0.5) is 0 Å². The molecule has 0 aliphatic carbocycles. The third-order valence-corrected chi connectivity index (χ3v) is 6.97. The Bertz CT molecular complexity index is 1170. The molecule has 0 unspecified atom stereocenters. The summed E-state index contributed by atoms with van der Waals surface area (Å²) in [5, 5.41) is 8.10. The third kappa shape index (κ3) is 3.97. The predicted molar refractivity (Wildman–Crippen MR) is 111 cm³/mol. The summed E-state index contributed by atoms with van der Waals surface area (Å²) in [5.41, 5.74) is 2.06. The van der Waals surface area contributed by atoms with Gasteiger partial charge in [-0.3, -0.25) is 4.79 Å². The van der Waals surface area contributed by atoms with Gasteiger partial charge in [-0.2, -0.15) is 5.10 Å². The summed E-state index contributed by atoms with van der Waals surface area (Å²) in [7, 11) is -1.48. The number of aryl methyl sites for hydroxylation is 1. The minimum Gasteiger partial charge on any atom is -0.463 e. The second-order valence-electron chi connectivity index (χ2n) is 7.42. The first-order valence-electron chi connectivity index (χ1n) is 9.81. The Morgan fingerprint density at radius 1 is 1.43 bits per heavy atom. The quantitative estimate of drug-likeness (QED) is 0.569. The fourth-order valence-corrected chi connectivity index (χ4v) is 5.47. The van der Waals surface area contributed by atoms with Crippen molar-refractivity contribution in [2.24, 2.45) is 0 Å². The number of furan rings is 1. The van der Waals surface area contributed by atoms with Crippen LogP contribution in [0.15, 0.2) is 28.9 Å². The molecule has 1 fully saturated rings. The number of nitrogens with zero attached hydrogens (tertiary/aromatic N) is 3. The first kappa shape index (κ1) is 20.5. The summed E-state index contributed by atoms with van der Waals surface area (Å²) < 4.78 is 36.2. The average molecular weight is 433 g/mol. The van der Waals surface area contributed by atoms with Gasteiger partial charge in [-0.15, -0.1) is 0 Å². The van der Waals surface area contributed by atoms with Crippen LogP contribution in [0.3, 0.4) is 0 Å². The number of hydrogen-bond acceptors (Lipinski definition) is 7. The van der Waals surface area contributed by atoms with E-state index in [0.717, 1.165) is 0 Å². The van der Waals surface area contributed by atoms with Crippen molar-refractivity contribution in [3.63, 3.8) is 0 Å². The van der Waals surface area contributed by atoms with Crippen LogP contribution in [-0.2, 0) is 14.6 Å². The third-order valence-electron chi connectivity index (χ3n) is 5.22. The van der Waals surface area contributed by atoms with Crippen molar-refractivity contribution < 1.29 is 22.4 Å². The summed E-state index contributed by atoms with van der Waals surface area (Å²) in [6, 6.07) is 4.90. The van der Waals surface area contributed by atoms with Crippen LogP contribution in [0, 0.1) is 6.92 Å². The van der Waals surface area contributed by atoms with Gasteiger partial charge in [0, 0.05) is 20.3 Å². The number of sulfone groups is 1. The Morgan fingerprint density at radius 3 is 2.93 bits per heavy atom. The van der Waals surface area contributed by atoms with Crippen LogP contribution < -0.4 is 5.32 Å². The van der Waals surface area contributed by atoms with Crippen molar-refractivity contribution in [2.75, 3.05) is 31.8 Å². The molecule has 0 bridgehead atoms. The van der Waals surface area contributed by atoms with Crippen LogP contribution in [0.1, 0.15) is 34.9 Å². The van der Waals surface area contributed by atoms with E-state index in [1.807, 2.05) is 0 Å². The van der Waals surface area contributed by atoms with Gasteiger partial charge in [0.25, 0.3) is 5.91 Å². The standard InChI is InChI=1S/C20H24N4O5S/c1-13-18-15(20(25)21-7-4-8-28-2)11-16(17-5-3-9-29-17)22-19(18)24(23-13)14-6-10-30(26,27)12-14/h3,5,9,11,14H,4,6-8,10,12H2,1-2H3,(H,21,25)/t14-/m1/s1. The molecule has 160 valence electrons. The summed E-state index contributed by atoms with van der Waals surface area (Å²) in [6.45, 7) is 2.83. The smallest absolute Gasteiger partial charge is 0.252 e. The van der Waals surface area contributed by atoms with Crippen molar-refractivity contribution in [1.82, 2.24) is 20.1 Å². The monoisotopic (exact) mass is 432 g/mol. The Hall–Kier alpha value is -2.72. The molecule has 3 aromatic rings. The first-order valence-corrected chi connectivity index (χ1v) is 11.6. The number of nitrogens with one attached hydrogen (secondary N) is 1. The van der Waals surface area contributed by atoms with E-state index in [1.54, 1.807) is 36.9 Å². The number of ether oxygens (including phenoxy) is 1. The molecule has 0 aromatic carbocycles. The maximum Gasteiger partial charge on any atom is 0.252 e. The van der Waals surface area contributed by atoms with Gasteiger partial charge >= 0.3 is 0 Å². The van der Waals surface area contributed by atoms with E-state index in [2.05, 4.69) is 10.4 Å². The lowest BCUT2D eigenvalue weighted by Gasteiger charge is -2.11. The van der Waals surface area contributed by atoms with Gasteiger partial charge in [0.2, 0.25) is 0 Å². The van der Waals surface area contributed by atoms with Crippen molar-refractivity contribution in [1.29, 1.82) is 0 Å². The van der Waals surface area contributed by atoms with Gasteiger partial charge in [0.15, 0.2) is 21.2 Å². The summed E-state index contributed by atoms with van der Waals surface area (Å²) in [4.78, 5) is 17.7. The van der Waals surface area contributed by atoms with Crippen LogP contribution in [0.25, 0.3) is 22.5 Å². The fourth-order valence-electron chi connectivity index (χ4n) is 3.78. The zero-order chi connectivity index (χ0) is 21.3. The molecular formula is C20H24N4O5S. The van der Waals surface area contributed by atoms with Gasteiger partial charge in [0.1, 0.15) is 5.69 Å². The fraction of sp³-hybridized carbons (Fsp3) is 0.450. The Morgan fingerprint density at radius 2 is 2.27 bits per heavy atom. The summed E-state index contributed by atoms with van der Waals surface area (Å²) in [6.07, 6.45) is 2.71. The minimum absolute atomic E-state index is 0.0222. The highest BCUT2D eigenvalue weighted by Gasteiger charge is 2.32. The number of carbonyl (C=O) groups is 1. The molecule has 1 N–H and O–H groups in total. The topological polar surface area (TPSA) is 116 Å². The number of rotatable bonds is 7. The maximum atomic E-state index is 13.0. The van der Waals surface area contributed by atoms with Crippen LogP contribution in [0.2, 0.25) is 0 Å². The van der Waals surface area contributed by atoms with Gasteiger partial charge in [-0.1, -0.05) is 0 Å². The molecule has 30 heavy (non-hydrogen) atoms. The van der Waals surface area contributed by atoms with Gasteiger partial charge in [-0.05, 0) is 38.0 Å². The molecule has 1 saturated heterocycles. The average Bonchev–Trinajstić information content (AvgIpc) is 3.44. The van der Waals surface area contributed by atoms with Gasteiger partial charge < -0.3 is 14.5 Å². The number of hydrogen-bond donors (Lipinski definition) is 1. The van der Waals surface area contributed by atoms with Crippen molar-refractivity contribution in [3.8, 4) is 11.5 Å². The van der Waals surface area contributed by atoms with Crippen molar-refractivity contribution >= 4 is 26.8 Å². The Balaban J connectivity index is 1.80. The molecule has 10 heteroatoms. The number of methoxy groups -OCH3 is 1. The molecule has 1 aliphatic rings. The highest BCUT2D eigenvalue weighted by Crippen LogP contribution is 2.32. The van der Waals surface area contributed by atoms with Crippen molar-refractivity contribution in [2.45, 2.75) is 25.8 Å². The Kier molecular flexibility index (Phi) is 5.61. The Labute approximate surface area is 174 Å². The van der Waals surface area contributed by atoms with Gasteiger partial charge in [-0.25, -0.2) is 18.1 Å². The highest BCUT2D eigenvalue weighted by molar-refractivity contribution is 7.91. The highest BCUT2D eigenvalue weighted by atomic mass is 32.2. The van der Waals surface area contributed by atoms with E-state index in [-0.39, 0.29) is 23.5 Å². The molecule has 0 saturated carbocycles. The molecule has 1 aliphatic heterocycles. The lowest BCUT2D eigenvalue weighted by atomic mass is 10.1. The van der Waals surface area contributed by atoms with Crippen LogP contribution in [-0.4, -0.2) is 60.9 Å². The first-order chi connectivity index (χ1) is 14.4. The molecule has 0 radical (unpaired) electrons. The molecule has 4 rings (SSSR count). The van der Waals surface area contributed by atoms with E-state index < -0.39 is 9.84 Å². The molecule has 4 heterocycles. The molecule has 0 spiro atoms. The van der Waals surface area contributed by atoms with Crippen LogP contribution in [0.5, 0.6) is 0 Å². The van der Waals surface area contributed by atoms with E-state index in [9.17, 15) is 13.2 Å². The zero-order valence-electron chi connectivity index (χ0n) is 16.9. The lowest BCUT2D eigenvalue weighted by molar-refractivity contribution is 0.0950.